The maximum absolute atomic E-state index is 12.6. The number of nitrogens with zero attached hydrogens (tertiary/aromatic N) is 1. The third-order valence-electron chi connectivity index (χ3n) is 5.06. The zero-order valence-corrected chi connectivity index (χ0v) is 15.8. The first-order chi connectivity index (χ1) is 12.0. The van der Waals surface area contributed by atoms with E-state index < -0.39 is 10.0 Å². The van der Waals surface area contributed by atoms with E-state index in [2.05, 4.69) is 0 Å². The van der Waals surface area contributed by atoms with Gasteiger partial charge in [0.2, 0.25) is 10.0 Å². The number of hydrogen-bond acceptors (Lipinski definition) is 4. The van der Waals surface area contributed by atoms with Gasteiger partial charge in [-0.25, -0.2) is 8.42 Å². The lowest BCUT2D eigenvalue weighted by Crippen LogP contribution is -2.44. The lowest BCUT2D eigenvalue weighted by molar-refractivity contribution is -0.0390. The Morgan fingerprint density at radius 1 is 1.20 bits per heavy atom. The van der Waals surface area contributed by atoms with Crippen LogP contribution >= 0.6 is 11.6 Å². The van der Waals surface area contributed by atoms with Crippen LogP contribution in [0.2, 0.25) is 5.02 Å². The molecule has 5 nitrogen and oxygen atoms in total. The molecular formula is C18H25ClN2O3S. The first kappa shape index (κ1) is 18.9. The second-order valence-electron chi connectivity index (χ2n) is 6.80. The van der Waals surface area contributed by atoms with Crippen molar-refractivity contribution in [3.8, 4) is 0 Å². The van der Waals surface area contributed by atoms with Crippen molar-refractivity contribution in [1.29, 1.82) is 0 Å². The van der Waals surface area contributed by atoms with E-state index in [-0.39, 0.29) is 12.1 Å². The van der Waals surface area contributed by atoms with Crippen molar-refractivity contribution in [2.24, 2.45) is 11.7 Å². The molecule has 0 radical (unpaired) electrons. The lowest BCUT2D eigenvalue weighted by atomic mass is 9.87. The van der Waals surface area contributed by atoms with Crippen LogP contribution in [0.25, 0.3) is 6.08 Å². The van der Waals surface area contributed by atoms with Gasteiger partial charge in [0.1, 0.15) is 0 Å². The van der Waals surface area contributed by atoms with Crippen molar-refractivity contribution < 1.29 is 13.2 Å². The Kier molecular flexibility index (Phi) is 6.17. The zero-order valence-electron chi connectivity index (χ0n) is 14.2. The number of halogens is 1. The van der Waals surface area contributed by atoms with Gasteiger partial charge in [-0.15, -0.1) is 0 Å². The standard InChI is InChI=1S/C18H25ClN2O3S/c19-17-4-2-1-3-14(17)8-12-25(22,23)21-9-5-15(6-10-21)18-13-16(20)7-11-24-18/h1-4,8,12,15-16,18H,5-7,9-11,13,20H2/b12-8+. The topological polar surface area (TPSA) is 72.6 Å². The Morgan fingerprint density at radius 3 is 2.60 bits per heavy atom. The molecule has 0 spiro atoms. The fraction of sp³-hybridized carbons (Fsp3) is 0.556. The van der Waals surface area contributed by atoms with Gasteiger partial charge in [0.05, 0.1) is 6.10 Å². The monoisotopic (exact) mass is 384 g/mol. The van der Waals surface area contributed by atoms with E-state index in [1.54, 1.807) is 22.5 Å². The molecule has 2 heterocycles. The summed E-state index contributed by atoms with van der Waals surface area (Å²) in [6.07, 6.45) is 5.16. The fourth-order valence-electron chi connectivity index (χ4n) is 3.54. The fourth-order valence-corrected chi connectivity index (χ4v) is 4.95. The molecule has 2 fully saturated rings. The van der Waals surface area contributed by atoms with Crippen molar-refractivity contribution in [1.82, 2.24) is 4.31 Å². The third kappa shape index (κ3) is 4.83. The van der Waals surface area contributed by atoms with Gasteiger partial charge in [-0.05, 0) is 49.3 Å². The van der Waals surface area contributed by atoms with Crippen LogP contribution in [0.15, 0.2) is 29.7 Å². The second kappa shape index (κ2) is 8.18. The number of benzene rings is 1. The summed E-state index contributed by atoms with van der Waals surface area (Å²) in [4.78, 5) is 0. The number of ether oxygens (including phenoxy) is 1. The maximum Gasteiger partial charge on any atom is 0.236 e. The SMILES string of the molecule is NC1CCOC(C2CCN(S(=O)(=O)/C=C/c3ccccc3Cl)CC2)C1. The van der Waals surface area contributed by atoms with Crippen LogP contribution in [0.4, 0.5) is 0 Å². The molecule has 2 saturated heterocycles. The molecule has 0 aliphatic carbocycles. The van der Waals surface area contributed by atoms with Crippen LogP contribution in [0.1, 0.15) is 31.2 Å². The largest absolute Gasteiger partial charge is 0.378 e. The molecule has 25 heavy (non-hydrogen) atoms. The van der Waals surface area contributed by atoms with Gasteiger partial charge in [0, 0.05) is 36.2 Å². The molecule has 2 aliphatic rings. The summed E-state index contributed by atoms with van der Waals surface area (Å²) >= 11 is 6.07. The lowest BCUT2D eigenvalue weighted by Gasteiger charge is -2.38. The highest BCUT2D eigenvalue weighted by molar-refractivity contribution is 7.92. The molecule has 7 heteroatoms. The van der Waals surface area contributed by atoms with Gasteiger partial charge in [-0.2, -0.15) is 4.31 Å². The van der Waals surface area contributed by atoms with Crippen LogP contribution < -0.4 is 5.73 Å². The highest BCUT2D eigenvalue weighted by atomic mass is 35.5. The molecule has 0 saturated carbocycles. The van der Waals surface area contributed by atoms with Crippen LogP contribution in [0.3, 0.4) is 0 Å². The summed E-state index contributed by atoms with van der Waals surface area (Å²) in [6.45, 7) is 1.76. The smallest absolute Gasteiger partial charge is 0.236 e. The minimum Gasteiger partial charge on any atom is -0.378 e. The van der Waals surface area contributed by atoms with Crippen molar-refractivity contribution in [3.63, 3.8) is 0 Å². The van der Waals surface area contributed by atoms with Gasteiger partial charge in [-0.3, -0.25) is 0 Å². The number of sulfonamides is 1. The minimum absolute atomic E-state index is 0.173. The van der Waals surface area contributed by atoms with E-state index in [0.717, 1.165) is 25.7 Å². The van der Waals surface area contributed by atoms with E-state index in [4.69, 9.17) is 22.1 Å². The summed E-state index contributed by atoms with van der Waals surface area (Å²) in [7, 11) is -3.43. The van der Waals surface area contributed by atoms with Crippen LogP contribution in [0, 0.1) is 5.92 Å². The average Bonchev–Trinajstić information content (AvgIpc) is 2.61. The Balaban J connectivity index is 1.59. The van der Waals surface area contributed by atoms with Gasteiger partial charge in [0.25, 0.3) is 0 Å². The van der Waals surface area contributed by atoms with Crippen molar-refractivity contribution >= 4 is 27.7 Å². The minimum atomic E-state index is -3.43. The second-order valence-corrected chi connectivity index (χ2v) is 9.03. The Morgan fingerprint density at radius 2 is 1.92 bits per heavy atom. The molecule has 0 bridgehead atoms. The van der Waals surface area contributed by atoms with Gasteiger partial charge in [-0.1, -0.05) is 29.8 Å². The molecule has 3 rings (SSSR count). The molecule has 1 aromatic carbocycles. The van der Waals surface area contributed by atoms with Crippen LogP contribution in [-0.4, -0.2) is 44.6 Å². The predicted molar refractivity (Wildman–Crippen MR) is 101 cm³/mol. The highest BCUT2D eigenvalue weighted by Gasteiger charge is 2.33. The van der Waals surface area contributed by atoms with Gasteiger partial charge < -0.3 is 10.5 Å². The summed E-state index contributed by atoms with van der Waals surface area (Å²) in [5.74, 6) is 0.394. The Bertz CT molecular complexity index is 715. The van der Waals surface area contributed by atoms with Gasteiger partial charge >= 0.3 is 0 Å². The average molecular weight is 385 g/mol. The number of nitrogens with two attached hydrogens (primary N) is 1. The molecule has 1 aromatic rings. The molecule has 2 N–H and O–H groups in total. The van der Waals surface area contributed by atoms with E-state index in [9.17, 15) is 8.42 Å². The van der Waals surface area contributed by atoms with Crippen LogP contribution in [0.5, 0.6) is 0 Å². The first-order valence-corrected chi connectivity index (χ1v) is 10.6. The van der Waals surface area contributed by atoms with Gasteiger partial charge in [0.15, 0.2) is 0 Å². The Labute approximate surface area is 154 Å². The molecule has 2 atom stereocenters. The van der Waals surface area contributed by atoms with Crippen molar-refractivity contribution in [2.45, 2.75) is 37.8 Å². The zero-order chi connectivity index (χ0) is 17.9. The van der Waals surface area contributed by atoms with Crippen molar-refractivity contribution in [2.75, 3.05) is 19.7 Å². The van der Waals surface area contributed by atoms with E-state index >= 15 is 0 Å². The molecule has 0 aromatic heterocycles. The Hall–Kier alpha value is -0.920. The van der Waals surface area contributed by atoms with E-state index in [0.29, 0.717) is 36.2 Å². The number of rotatable bonds is 4. The normalized spacial score (nSPS) is 27.0. The van der Waals surface area contributed by atoms with E-state index in [1.165, 1.54) is 5.41 Å². The summed E-state index contributed by atoms with van der Waals surface area (Å²) < 4.78 is 32.5. The quantitative estimate of drug-likeness (QED) is 0.866. The van der Waals surface area contributed by atoms with Crippen LogP contribution in [-0.2, 0) is 14.8 Å². The number of hydrogen-bond donors (Lipinski definition) is 1. The summed E-state index contributed by atoms with van der Waals surface area (Å²) in [5, 5.41) is 1.79. The predicted octanol–water partition coefficient (Wildman–Crippen LogP) is 2.86. The first-order valence-electron chi connectivity index (χ1n) is 8.75. The molecular weight excluding hydrogens is 360 g/mol. The number of piperidine rings is 1. The molecule has 2 aliphatic heterocycles. The molecule has 2 unspecified atom stereocenters. The maximum atomic E-state index is 12.6. The van der Waals surface area contributed by atoms with Crippen molar-refractivity contribution in [3.05, 3.63) is 40.3 Å². The highest BCUT2D eigenvalue weighted by Crippen LogP contribution is 2.29. The third-order valence-corrected chi connectivity index (χ3v) is 6.97. The summed E-state index contributed by atoms with van der Waals surface area (Å²) in [6, 6.07) is 7.40. The molecule has 138 valence electrons. The molecule has 0 amide bonds. The summed E-state index contributed by atoms with van der Waals surface area (Å²) in [5.41, 5.74) is 6.73. The van der Waals surface area contributed by atoms with E-state index in [1.807, 2.05) is 12.1 Å².